The number of halogens is 1. The molecule has 1 unspecified atom stereocenters. The van der Waals surface area contributed by atoms with Crippen molar-refractivity contribution in [1.82, 2.24) is 9.72 Å². The number of aromatic nitrogens is 2. The van der Waals surface area contributed by atoms with Crippen LogP contribution in [0, 0.1) is 5.82 Å². The number of ether oxygens (including phenoxy) is 1. The molecule has 2 heterocycles. The quantitative estimate of drug-likeness (QED) is 0.872. The highest BCUT2D eigenvalue weighted by Crippen LogP contribution is 2.47. The molecule has 0 saturated heterocycles. The van der Waals surface area contributed by atoms with E-state index < -0.39 is 10.7 Å². The van der Waals surface area contributed by atoms with Gasteiger partial charge < -0.3 is 4.74 Å². The molecule has 0 N–H and O–H groups in total. The SMILES string of the molecule is CCOC1(c2ccc(F)cc2)SC=C(C)n2c1noc2=O. The number of nitrogens with zero attached hydrogens (tertiary/aromatic N) is 2. The van der Waals surface area contributed by atoms with Gasteiger partial charge in [0, 0.05) is 17.9 Å². The van der Waals surface area contributed by atoms with Gasteiger partial charge in [0.25, 0.3) is 0 Å². The molecule has 3 rings (SSSR count). The normalized spacial score (nSPS) is 21.0. The highest BCUT2D eigenvalue weighted by atomic mass is 32.2. The lowest BCUT2D eigenvalue weighted by atomic mass is 10.1. The minimum atomic E-state index is -1.02. The van der Waals surface area contributed by atoms with E-state index in [-0.39, 0.29) is 5.82 Å². The molecule has 1 aromatic carbocycles. The second-order valence-corrected chi connectivity index (χ2v) is 5.59. The summed E-state index contributed by atoms with van der Waals surface area (Å²) in [6.07, 6.45) is 0. The summed E-state index contributed by atoms with van der Waals surface area (Å²) in [5.41, 5.74) is 1.40. The van der Waals surface area contributed by atoms with Crippen molar-refractivity contribution in [2.75, 3.05) is 6.61 Å². The van der Waals surface area contributed by atoms with E-state index in [9.17, 15) is 9.18 Å². The molecular formula is C14H13FN2O3S. The zero-order chi connectivity index (χ0) is 15.0. The summed E-state index contributed by atoms with van der Waals surface area (Å²) in [7, 11) is 0. The van der Waals surface area contributed by atoms with Crippen LogP contribution in [0.4, 0.5) is 4.39 Å². The Balaban J connectivity index is 2.24. The van der Waals surface area contributed by atoms with Crippen LogP contribution in [-0.4, -0.2) is 16.3 Å². The Bertz CT molecular complexity index is 750. The maximum Gasteiger partial charge on any atom is 0.446 e. The van der Waals surface area contributed by atoms with Crippen LogP contribution in [0.3, 0.4) is 0 Å². The second-order valence-electron chi connectivity index (χ2n) is 4.54. The van der Waals surface area contributed by atoms with Gasteiger partial charge in [-0.3, -0.25) is 4.52 Å². The van der Waals surface area contributed by atoms with Gasteiger partial charge >= 0.3 is 5.76 Å². The Morgan fingerprint density at radius 1 is 1.43 bits per heavy atom. The van der Waals surface area contributed by atoms with E-state index in [4.69, 9.17) is 9.26 Å². The fourth-order valence-corrected chi connectivity index (χ4v) is 3.43. The fraction of sp³-hybridized carbons (Fsp3) is 0.286. The van der Waals surface area contributed by atoms with Crippen molar-refractivity contribution in [2.24, 2.45) is 0 Å². The molecule has 0 amide bonds. The molecule has 7 heteroatoms. The largest absolute Gasteiger partial charge is 0.446 e. The summed E-state index contributed by atoms with van der Waals surface area (Å²) in [4.78, 5) is 10.8. The van der Waals surface area contributed by atoms with Crippen LogP contribution < -0.4 is 5.76 Å². The molecule has 1 aliphatic rings. The third-order valence-corrected chi connectivity index (χ3v) is 4.55. The van der Waals surface area contributed by atoms with Crippen molar-refractivity contribution < 1.29 is 13.7 Å². The molecule has 0 bridgehead atoms. The van der Waals surface area contributed by atoms with Gasteiger partial charge in [0.2, 0.25) is 10.8 Å². The lowest BCUT2D eigenvalue weighted by Gasteiger charge is -2.33. The summed E-state index contributed by atoms with van der Waals surface area (Å²) in [6, 6.07) is 5.95. The van der Waals surface area contributed by atoms with E-state index >= 15 is 0 Å². The van der Waals surface area contributed by atoms with E-state index in [1.807, 2.05) is 12.3 Å². The standard InChI is InChI=1S/C14H13FN2O3S/c1-3-19-14(10-4-6-11(15)7-5-10)12-16-20-13(18)17(12)9(2)8-21-14/h4-8H,3H2,1-2H3. The summed E-state index contributed by atoms with van der Waals surface area (Å²) >= 11 is 1.37. The van der Waals surface area contributed by atoms with E-state index in [2.05, 4.69) is 5.16 Å². The van der Waals surface area contributed by atoms with Gasteiger partial charge in [-0.15, -0.1) is 0 Å². The summed E-state index contributed by atoms with van der Waals surface area (Å²) in [6.45, 7) is 4.04. The number of allylic oxidation sites excluding steroid dienone is 1. The molecule has 1 aromatic heterocycles. The maximum atomic E-state index is 13.2. The first kappa shape index (κ1) is 14.1. The molecular weight excluding hydrogens is 295 g/mol. The Morgan fingerprint density at radius 2 is 2.14 bits per heavy atom. The minimum absolute atomic E-state index is 0.338. The van der Waals surface area contributed by atoms with Crippen LogP contribution in [0.5, 0.6) is 0 Å². The predicted molar refractivity (Wildman–Crippen MR) is 77.1 cm³/mol. The topological polar surface area (TPSA) is 57.3 Å². The molecule has 21 heavy (non-hydrogen) atoms. The molecule has 110 valence electrons. The van der Waals surface area contributed by atoms with Gasteiger partial charge in [-0.05, 0) is 31.4 Å². The Hall–Kier alpha value is -1.86. The zero-order valence-electron chi connectivity index (χ0n) is 11.5. The number of hydrogen-bond acceptors (Lipinski definition) is 5. The Kier molecular flexibility index (Phi) is 3.46. The summed E-state index contributed by atoms with van der Waals surface area (Å²) < 4.78 is 25.2. The molecule has 0 aliphatic carbocycles. The van der Waals surface area contributed by atoms with Crippen LogP contribution in [0.25, 0.3) is 5.70 Å². The van der Waals surface area contributed by atoms with E-state index in [0.717, 1.165) is 0 Å². The smallest absolute Gasteiger partial charge is 0.353 e. The third kappa shape index (κ3) is 2.13. The highest BCUT2D eigenvalue weighted by Gasteiger charge is 2.44. The fourth-order valence-electron chi connectivity index (χ4n) is 2.29. The van der Waals surface area contributed by atoms with Crippen molar-refractivity contribution in [3.8, 4) is 0 Å². The van der Waals surface area contributed by atoms with Gasteiger partial charge in [0.1, 0.15) is 5.82 Å². The van der Waals surface area contributed by atoms with E-state index in [1.54, 1.807) is 19.1 Å². The molecule has 2 aromatic rings. The molecule has 0 radical (unpaired) electrons. The van der Waals surface area contributed by atoms with Gasteiger partial charge in [-0.25, -0.2) is 13.8 Å². The van der Waals surface area contributed by atoms with Crippen LogP contribution in [0.15, 0.2) is 39.0 Å². The number of benzene rings is 1. The molecule has 1 atom stereocenters. The van der Waals surface area contributed by atoms with Crippen molar-refractivity contribution in [1.29, 1.82) is 0 Å². The molecule has 0 fully saturated rings. The third-order valence-electron chi connectivity index (χ3n) is 3.22. The molecule has 1 aliphatic heterocycles. The summed E-state index contributed by atoms with van der Waals surface area (Å²) in [5, 5.41) is 5.68. The lowest BCUT2D eigenvalue weighted by molar-refractivity contribution is 0.0530. The van der Waals surface area contributed by atoms with Crippen molar-refractivity contribution >= 4 is 17.5 Å². The monoisotopic (exact) mass is 308 g/mol. The van der Waals surface area contributed by atoms with Crippen LogP contribution in [0.2, 0.25) is 0 Å². The average Bonchev–Trinajstić information content (AvgIpc) is 2.87. The molecule has 5 nitrogen and oxygen atoms in total. The summed E-state index contributed by atoms with van der Waals surface area (Å²) in [5.74, 6) is -0.549. The van der Waals surface area contributed by atoms with Crippen LogP contribution in [-0.2, 0) is 9.67 Å². The first-order valence-corrected chi connectivity index (χ1v) is 7.30. The van der Waals surface area contributed by atoms with E-state index in [0.29, 0.717) is 23.7 Å². The lowest BCUT2D eigenvalue weighted by Crippen LogP contribution is -2.35. The Labute approximate surface area is 124 Å². The van der Waals surface area contributed by atoms with Gasteiger partial charge in [-0.1, -0.05) is 29.1 Å². The predicted octanol–water partition coefficient (Wildman–Crippen LogP) is 2.78. The zero-order valence-corrected chi connectivity index (χ0v) is 12.3. The van der Waals surface area contributed by atoms with Gasteiger partial charge in [0.05, 0.1) is 0 Å². The van der Waals surface area contributed by atoms with E-state index in [1.165, 1.54) is 28.5 Å². The average molecular weight is 308 g/mol. The van der Waals surface area contributed by atoms with Crippen molar-refractivity contribution in [2.45, 2.75) is 18.8 Å². The van der Waals surface area contributed by atoms with Crippen molar-refractivity contribution in [3.05, 3.63) is 57.4 Å². The first-order valence-electron chi connectivity index (χ1n) is 6.42. The second kappa shape index (κ2) is 5.16. The highest BCUT2D eigenvalue weighted by molar-refractivity contribution is 8.03. The molecule has 0 spiro atoms. The number of fused-ring (bicyclic) bond motifs is 1. The first-order chi connectivity index (χ1) is 10.1. The van der Waals surface area contributed by atoms with Gasteiger partial charge in [-0.2, -0.15) is 0 Å². The van der Waals surface area contributed by atoms with Gasteiger partial charge in [0.15, 0.2) is 0 Å². The number of rotatable bonds is 3. The Morgan fingerprint density at radius 3 is 2.81 bits per heavy atom. The minimum Gasteiger partial charge on any atom is -0.353 e. The molecule has 0 saturated carbocycles. The number of hydrogen-bond donors (Lipinski definition) is 0. The maximum absolute atomic E-state index is 13.2. The van der Waals surface area contributed by atoms with Crippen LogP contribution in [0.1, 0.15) is 25.2 Å². The number of thioether (sulfide) groups is 1. The van der Waals surface area contributed by atoms with Crippen molar-refractivity contribution in [3.63, 3.8) is 0 Å². The van der Waals surface area contributed by atoms with Crippen LogP contribution >= 0.6 is 11.8 Å².